The zero-order chi connectivity index (χ0) is 17.4. The number of nitro groups is 1. The van der Waals surface area contributed by atoms with Crippen LogP contribution in [0.1, 0.15) is 10.9 Å². The first-order valence-corrected chi connectivity index (χ1v) is 8.31. The fourth-order valence-corrected chi connectivity index (χ4v) is 3.70. The van der Waals surface area contributed by atoms with Gasteiger partial charge in [-0.05, 0) is 6.07 Å². The highest BCUT2D eigenvalue weighted by atomic mass is 32.2. The normalized spacial score (nSPS) is 15.5. The summed E-state index contributed by atoms with van der Waals surface area (Å²) < 4.78 is 7.17. The molecule has 3 aromatic rings. The fraction of sp³-hybridized carbons (Fsp3) is 0.125. The largest absolute Gasteiger partial charge is 0.496 e. The first-order chi connectivity index (χ1) is 12.2. The summed E-state index contributed by atoms with van der Waals surface area (Å²) in [6.45, 7) is 0. The first kappa shape index (κ1) is 15.5. The lowest BCUT2D eigenvalue weighted by molar-refractivity contribution is -0.384. The Morgan fingerprint density at radius 2 is 2.08 bits per heavy atom. The number of hydrogen-bond donors (Lipinski definition) is 1. The van der Waals surface area contributed by atoms with Crippen molar-refractivity contribution in [3.63, 3.8) is 0 Å². The summed E-state index contributed by atoms with van der Waals surface area (Å²) in [6, 6.07) is 14.1. The SMILES string of the molecule is COc1ccccc1C1Nn2c(nnc2-c2cccc([N+](=O)[O-])c2)S1. The number of rotatable bonds is 4. The van der Waals surface area contributed by atoms with Crippen LogP contribution in [0.25, 0.3) is 11.4 Å². The standard InChI is InChI=1S/C16H13N5O3S/c1-24-13-8-3-2-7-12(13)15-19-20-14(17-18-16(20)25-15)10-5-4-6-11(9-10)21(22)23/h2-9,15,19H,1H3. The third-order valence-electron chi connectivity index (χ3n) is 3.84. The first-order valence-electron chi connectivity index (χ1n) is 7.44. The van der Waals surface area contributed by atoms with E-state index in [2.05, 4.69) is 15.6 Å². The Bertz CT molecular complexity index is 958. The molecular formula is C16H13N5O3S. The molecule has 126 valence electrons. The number of nitro benzene ring substituents is 1. The molecular weight excluding hydrogens is 342 g/mol. The van der Waals surface area contributed by atoms with E-state index in [1.807, 2.05) is 24.3 Å². The van der Waals surface area contributed by atoms with Gasteiger partial charge in [0.15, 0.2) is 5.82 Å². The van der Waals surface area contributed by atoms with E-state index in [4.69, 9.17) is 4.74 Å². The zero-order valence-corrected chi connectivity index (χ0v) is 13.9. The van der Waals surface area contributed by atoms with E-state index in [0.717, 1.165) is 11.3 Å². The Kier molecular flexibility index (Phi) is 3.77. The highest BCUT2D eigenvalue weighted by Crippen LogP contribution is 2.43. The molecule has 9 heteroatoms. The van der Waals surface area contributed by atoms with E-state index >= 15 is 0 Å². The average Bonchev–Trinajstić information content (AvgIpc) is 3.22. The van der Waals surface area contributed by atoms with Crippen molar-refractivity contribution in [2.45, 2.75) is 10.5 Å². The zero-order valence-electron chi connectivity index (χ0n) is 13.1. The highest BCUT2D eigenvalue weighted by molar-refractivity contribution is 7.99. The lowest BCUT2D eigenvalue weighted by Gasteiger charge is -2.15. The predicted octanol–water partition coefficient (Wildman–Crippen LogP) is 3.21. The molecule has 0 bridgehead atoms. The molecule has 0 fully saturated rings. The average molecular weight is 355 g/mol. The van der Waals surface area contributed by atoms with E-state index in [0.29, 0.717) is 16.5 Å². The molecule has 1 atom stereocenters. The van der Waals surface area contributed by atoms with Gasteiger partial charge < -0.3 is 10.2 Å². The maximum Gasteiger partial charge on any atom is 0.270 e. The summed E-state index contributed by atoms with van der Waals surface area (Å²) in [6.07, 6.45) is 0. The quantitative estimate of drug-likeness (QED) is 0.567. The van der Waals surface area contributed by atoms with Crippen molar-refractivity contribution in [2.75, 3.05) is 12.5 Å². The Morgan fingerprint density at radius 3 is 2.88 bits per heavy atom. The number of benzene rings is 2. The molecule has 0 radical (unpaired) electrons. The minimum absolute atomic E-state index is 0.0155. The minimum Gasteiger partial charge on any atom is -0.496 e. The maximum atomic E-state index is 11.0. The molecule has 0 amide bonds. The fourth-order valence-electron chi connectivity index (χ4n) is 2.67. The summed E-state index contributed by atoms with van der Waals surface area (Å²) in [5.74, 6) is 1.31. The van der Waals surface area contributed by atoms with Crippen molar-refractivity contribution < 1.29 is 9.66 Å². The van der Waals surface area contributed by atoms with E-state index in [1.165, 1.54) is 23.9 Å². The smallest absolute Gasteiger partial charge is 0.270 e. The van der Waals surface area contributed by atoms with Gasteiger partial charge in [0.1, 0.15) is 11.1 Å². The van der Waals surface area contributed by atoms with Gasteiger partial charge in [0.2, 0.25) is 5.16 Å². The molecule has 4 rings (SSSR count). The van der Waals surface area contributed by atoms with E-state index in [-0.39, 0.29) is 11.1 Å². The van der Waals surface area contributed by atoms with Crippen LogP contribution < -0.4 is 10.2 Å². The summed E-state index contributed by atoms with van der Waals surface area (Å²) in [5, 5.41) is 19.9. The van der Waals surface area contributed by atoms with Gasteiger partial charge >= 0.3 is 0 Å². The van der Waals surface area contributed by atoms with Crippen molar-refractivity contribution in [1.29, 1.82) is 0 Å². The number of para-hydroxylation sites is 1. The number of aromatic nitrogens is 3. The highest BCUT2D eigenvalue weighted by Gasteiger charge is 2.30. The number of thioether (sulfide) groups is 1. The molecule has 0 saturated carbocycles. The molecule has 1 N–H and O–H groups in total. The van der Waals surface area contributed by atoms with Crippen molar-refractivity contribution in [1.82, 2.24) is 14.9 Å². The molecule has 0 aliphatic carbocycles. The molecule has 8 nitrogen and oxygen atoms in total. The molecule has 2 aromatic carbocycles. The van der Waals surface area contributed by atoms with E-state index in [9.17, 15) is 10.1 Å². The van der Waals surface area contributed by atoms with Crippen LogP contribution in [-0.4, -0.2) is 26.9 Å². The third kappa shape index (κ3) is 2.68. The Morgan fingerprint density at radius 1 is 1.24 bits per heavy atom. The lowest BCUT2D eigenvalue weighted by Crippen LogP contribution is -2.14. The topological polar surface area (TPSA) is 95.1 Å². The van der Waals surface area contributed by atoms with Gasteiger partial charge in [-0.15, -0.1) is 10.2 Å². The molecule has 0 saturated heterocycles. The van der Waals surface area contributed by atoms with Gasteiger partial charge in [0.25, 0.3) is 5.69 Å². The molecule has 1 aromatic heterocycles. The third-order valence-corrected chi connectivity index (χ3v) is 4.91. The van der Waals surface area contributed by atoms with Crippen molar-refractivity contribution in [3.05, 3.63) is 64.2 Å². The number of non-ortho nitro benzene ring substituents is 1. The van der Waals surface area contributed by atoms with Gasteiger partial charge in [-0.1, -0.05) is 42.1 Å². The van der Waals surface area contributed by atoms with Crippen molar-refractivity contribution in [3.8, 4) is 17.1 Å². The number of nitrogens with zero attached hydrogens (tertiary/aromatic N) is 4. The minimum atomic E-state index is -0.426. The van der Waals surface area contributed by atoms with Crippen molar-refractivity contribution in [2.24, 2.45) is 0 Å². The summed E-state index contributed by atoms with van der Waals surface area (Å²) >= 11 is 1.51. The van der Waals surface area contributed by atoms with Gasteiger partial charge in [0, 0.05) is 23.3 Å². The van der Waals surface area contributed by atoms with E-state index in [1.54, 1.807) is 23.9 Å². The lowest BCUT2D eigenvalue weighted by atomic mass is 10.2. The number of methoxy groups -OCH3 is 1. The second kappa shape index (κ2) is 6.10. The molecule has 25 heavy (non-hydrogen) atoms. The van der Waals surface area contributed by atoms with Gasteiger partial charge in [-0.2, -0.15) is 0 Å². The van der Waals surface area contributed by atoms with Crippen molar-refractivity contribution >= 4 is 17.4 Å². The van der Waals surface area contributed by atoms with Crippen LogP contribution in [0.15, 0.2) is 53.7 Å². The molecule has 1 aliphatic rings. The monoisotopic (exact) mass is 355 g/mol. The Hall–Kier alpha value is -3.07. The van der Waals surface area contributed by atoms with Crippen LogP contribution >= 0.6 is 11.8 Å². The Balaban J connectivity index is 1.68. The van der Waals surface area contributed by atoms with Gasteiger partial charge in [-0.25, -0.2) is 4.68 Å². The second-order valence-corrected chi connectivity index (χ2v) is 6.39. The van der Waals surface area contributed by atoms with Crippen LogP contribution in [0.3, 0.4) is 0 Å². The van der Waals surface area contributed by atoms with E-state index < -0.39 is 4.92 Å². The number of nitrogens with one attached hydrogen (secondary N) is 1. The molecule has 2 heterocycles. The van der Waals surface area contributed by atoms with Crippen LogP contribution in [0.2, 0.25) is 0 Å². The van der Waals surface area contributed by atoms with Crippen LogP contribution in [-0.2, 0) is 0 Å². The molecule has 1 unspecified atom stereocenters. The van der Waals surface area contributed by atoms with Gasteiger partial charge in [0.05, 0.1) is 12.0 Å². The van der Waals surface area contributed by atoms with Crippen LogP contribution in [0.4, 0.5) is 5.69 Å². The number of ether oxygens (including phenoxy) is 1. The van der Waals surface area contributed by atoms with Crippen LogP contribution in [0, 0.1) is 10.1 Å². The second-order valence-electron chi connectivity index (χ2n) is 5.32. The summed E-state index contributed by atoms with van der Waals surface area (Å²) in [4.78, 5) is 10.6. The number of fused-ring (bicyclic) bond motifs is 1. The molecule has 1 aliphatic heterocycles. The summed E-state index contributed by atoms with van der Waals surface area (Å²) in [7, 11) is 1.63. The molecule has 0 spiro atoms. The Labute approximate surface area is 147 Å². The number of hydrogen-bond acceptors (Lipinski definition) is 7. The maximum absolute atomic E-state index is 11.0. The van der Waals surface area contributed by atoms with Crippen LogP contribution in [0.5, 0.6) is 5.75 Å². The summed E-state index contributed by atoms with van der Waals surface area (Å²) in [5.41, 5.74) is 4.96. The van der Waals surface area contributed by atoms with Gasteiger partial charge in [-0.3, -0.25) is 10.1 Å². The predicted molar refractivity (Wildman–Crippen MR) is 93.1 cm³/mol.